The number of nitrogens with one attached hydrogen (secondary N) is 2. The molecular weight excluding hydrogens is 464 g/mol. The van der Waals surface area contributed by atoms with Crippen LogP contribution in [-0.4, -0.2) is 17.6 Å². The number of rotatable bonds is 5. The minimum absolute atomic E-state index is 0.00850. The fourth-order valence-corrected chi connectivity index (χ4v) is 4.34. The van der Waals surface area contributed by atoms with Crippen LogP contribution in [0.5, 0.6) is 0 Å². The molecule has 0 aromatic heterocycles. The Morgan fingerprint density at radius 3 is 2.53 bits per heavy atom. The van der Waals surface area contributed by atoms with Crippen LogP contribution in [0.1, 0.15) is 17.0 Å². The normalized spacial score (nSPS) is 18.2. The number of carbonyl (C=O) groups excluding carboxylic acids is 2. The highest BCUT2D eigenvalue weighted by Crippen LogP contribution is 2.40. The van der Waals surface area contributed by atoms with Gasteiger partial charge in [-0.15, -0.1) is 0 Å². The highest BCUT2D eigenvalue weighted by atomic mass is 79.9. The first-order chi connectivity index (χ1) is 14.4. The molecule has 1 aliphatic rings. The summed E-state index contributed by atoms with van der Waals surface area (Å²) in [6, 6.07) is 18.7. The Labute approximate surface area is 187 Å². The molecule has 150 valence electrons. The minimum atomic E-state index is -1.01. The maximum Gasteiger partial charge on any atom is 0.243 e. The molecule has 0 radical (unpaired) electrons. The van der Waals surface area contributed by atoms with Crippen molar-refractivity contribution in [2.24, 2.45) is 5.92 Å². The molecule has 0 saturated carbocycles. The molecule has 3 rings (SSSR count). The van der Waals surface area contributed by atoms with E-state index in [4.69, 9.17) is 0 Å². The number of carbonyl (C=O) groups is 2. The van der Waals surface area contributed by atoms with Crippen molar-refractivity contribution in [3.63, 3.8) is 0 Å². The van der Waals surface area contributed by atoms with Gasteiger partial charge in [-0.05, 0) is 42.3 Å². The van der Waals surface area contributed by atoms with Crippen molar-refractivity contribution in [1.82, 2.24) is 5.32 Å². The molecule has 0 saturated heterocycles. The smallest absolute Gasteiger partial charge is 0.243 e. The summed E-state index contributed by atoms with van der Waals surface area (Å²) in [7, 11) is 0. The summed E-state index contributed by atoms with van der Waals surface area (Å²) in [5, 5.41) is 25.1. The standard InChI is InChI=1S/C22H17BrN4O2S/c1-13-4-2-3-5-16(13)20-17(10-24)21(29)27-22(18(20)11-25)30-12-19(28)26-15-8-6-14(23)7-9-15/h2-9,17,20H,12H2,1H3,(H,26,28)(H,27,29)/t17-,20-/m1/s1. The van der Waals surface area contributed by atoms with Crippen LogP contribution in [0.4, 0.5) is 5.69 Å². The van der Waals surface area contributed by atoms with Gasteiger partial charge >= 0.3 is 0 Å². The van der Waals surface area contributed by atoms with Gasteiger partial charge in [0, 0.05) is 16.1 Å². The highest BCUT2D eigenvalue weighted by Gasteiger charge is 2.40. The molecule has 0 spiro atoms. The van der Waals surface area contributed by atoms with Crippen LogP contribution in [0.3, 0.4) is 0 Å². The third-order valence-electron chi connectivity index (χ3n) is 4.67. The minimum Gasteiger partial charge on any atom is -0.325 e. The highest BCUT2D eigenvalue weighted by molar-refractivity contribution is 9.10. The Morgan fingerprint density at radius 1 is 1.20 bits per heavy atom. The van der Waals surface area contributed by atoms with Gasteiger partial charge in [0.25, 0.3) is 0 Å². The van der Waals surface area contributed by atoms with E-state index in [9.17, 15) is 20.1 Å². The average Bonchev–Trinajstić information content (AvgIpc) is 2.74. The maximum absolute atomic E-state index is 12.6. The Balaban J connectivity index is 1.85. The number of hydrogen-bond acceptors (Lipinski definition) is 5. The van der Waals surface area contributed by atoms with Crippen molar-refractivity contribution in [2.75, 3.05) is 11.1 Å². The monoisotopic (exact) mass is 480 g/mol. The van der Waals surface area contributed by atoms with Crippen LogP contribution in [-0.2, 0) is 9.59 Å². The molecule has 1 heterocycles. The molecule has 0 aliphatic carbocycles. The summed E-state index contributed by atoms with van der Waals surface area (Å²) < 4.78 is 0.901. The largest absolute Gasteiger partial charge is 0.325 e. The lowest BCUT2D eigenvalue weighted by molar-refractivity contribution is -0.123. The zero-order chi connectivity index (χ0) is 21.7. The molecule has 2 aromatic carbocycles. The van der Waals surface area contributed by atoms with Gasteiger partial charge < -0.3 is 10.6 Å². The number of amides is 2. The molecule has 0 bridgehead atoms. The first-order valence-electron chi connectivity index (χ1n) is 9.03. The van der Waals surface area contributed by atoms with Crippen molar-refractivity contribution in [3.05, 3.63) is 74.7 Å². The number of nitriles is 2. The molecule has 2 amide bonds. The summed E-state index contributed by atoms with van der Waals surface area (Å²) in [4.78, 5) is 24.9. The number of halogens is 1. The fourth-order valence-electron chi connectivity index (χ4n) is 3.22. The number of benzene rings is 2. The van der Waals surface area contributed by atoms with Crippen molar-refractivity contribution >= 4 is 45.2 Å². The first-order valence-corrected chi connectivity index (χ1v) is 10.8. The van der Waals surface area contributed by atoms with Crippen LogP contribution in [0.2, 0.25) is 0 Å². The van der Waals surface area contributed by atoms with E-state index in [0.717, 1.165) is 27.4 Å². The van der Waals surface area contributed by atoms with Gasteiger partial charge in [-0.25, -0.2) is 0 Å². The van der Waals surface area contributed by atoms with Gasteiger partial charge in [0.2, 0.25) is 11.8 Å². The van der Waals surface area contributed by atoms with Crippen LogP contribution in [0.25, 0.3) is 0 Å². The van der Waals surface area contributed by atoms with Crippen LogP contribution in [0, 0.1) is 35.5 Å². The number of aryl methyl sites for hydroxylation is 1. The molecule has 30 heavy (non-hydrogen) atoms. The van der Waals surface area contributed by atoms with Crippen LogP contribution < -0.4 is 10.6 Å². The summed E-state index contributed by atoms with van der Waals surface area (Å²) in [6.07, 6.45) is 0. The van der Waals surface area contributed by atoms with Crippen LogP contribution in [0.15, 0.2) is 63.6 Å². The SMILES string of the molecule is Cc1ccccc1[C@H]1C(C#N)=C(SCC(=O)Nc2ccc(Br)cc2)NC(=O)[C@@H]1C#N. The van der Waals surface area contributed by atoms with Gasteiger partial charge in [0.15, 0.2) is 0 Å². The first kappa shape index (κ1) is 21.6. The number of anilines is 1. The summed E-state index contributed by atoms with van der Waals surface area (Å²) in [5.41, 5.74) is 2.58. The van der Waals surface area contributed by atoms with Gasteiger partial charge in [-0.3, -0.25) is 9.59 Å². The van der Waals surface area contributed by atoms with Gasteiger partial charge in [0.1, 0.15) is 5.92 Å². The third kappa shape index (κ3) is 4.73. The maximum atomic E-state index is 12.6. The summed E-state index contributed by atoms with van der Waals surface area (Å²) >= 11 is 4.41. The molecule has 8 heteroatoms. The lowest BCUT2D eigenvalue weighted by Gasteiger charge is -2.29. The predicted molar refractivity (Wildman–Crippen MR) is 119 cm³/mol. The second kappa shape index (κ2) is 9.62. The van der Waals surface area contributed by atoms with Crippen molar-refractivity contribution in [2.45, 2.75) is 12.8 Å². The summed E-state index contributed by atoms with van der Waals surface area (Å²) in [6.45, 7) is 1.88. The van der Waals surface area contributed by atoms with E-state index in [1.54, 1.807) is 12.1 Å². The van der Waals surface area contributed by atoms with Crippen LogP contribution >= 0.6 is 27.7 Å². The zero-order valence-corrected chi connectivity index (χ0v) is 18.4. The molecular formula is C22H17BrN4O2S. The van der Waals surface area contributed by atoms with Crippen molar-refractivity contribution < 1.29 is 9.59 Å². The molecule has 2 N–H and O–H groups in total. The van der Waals surface area contributed by atoms with Crippen molar-refractivity contribution in [1.29, 1.82) is 10.5 Å². The molecule has 6 nitrogen and oxygen atoms in total. The third-order valence-corrected chi connectivity index (χ3v) is 6.21. The zero-order valence-electron chi connectivity index (χ0n) is 16.0. The van der Waals surface area contributed by atoms with E-state index < -0.39 is 17.7 Å². The van der Waals surface area contributed by atoms with Gasteiger partial charge in [-0.2, -0.15) is 10.5 Å². The molecule has 1 aliphatic heterocycles. The number of nitrogens with zero attached hydrogens (tertiary/aromatic N) is 2. The molecule has 2 atom stereocenters. The Hall–Kier alpha value is -3.07. The number of allylic oxidation sites excluding steroid dienone is 1. The van der Waals surface area contributed by atoms with Gasteiger partial charge in [-0.1, -0.05) is 52.0 Å². The van der Waals surface area contributed by atoms with E-state index in [1.807, 2.05) is 49.4 Å². The Kier molecular flexibility index (Phi) is 6.94. The quantitative estimate of drug-likeness (QED) is 0.666. The van der Waals surface area contributed by atoms with E-state index in [2.05, 4.69) is 32.6 Å². The average molecular weight is 481 g/mol. The molecule has 0 unspecified atom stereocenters. The van der Waals surface area contributed by atoms with Gasteiger partial charge in [0.05, 0.1) is 28.5 Å². The van der Waals surface area contributed by atoms with E-state index in [-0.39, 0.29) is 17.2 Å². The second-order valence-electron chi connectivity index (χ2n) is 6.63. The van der Waals surface area contributed by atoms with E-state index >= 15 is 0 Å². The second-order valence-corrected chi connectivity index (χ2v) is 8.53. The topological polar surface area (TPSA) is 106 Å². The van der Waals surface area contributed by atoms with Crippen molar-refractivity contribution in [3.8, 4) is 12.1 Å². The lowest BCUT2D eigenvalue weighted by atomic mass is 9.78. The fraction of sp³-hybridized carbons (Fsp3) is 0.182. The molecule has 2 aromatic rings. The number of thioether (sulfide) groups is 1. The Morgan fingerprint density at radius 2 is 1.90 bits per heavy atom. The summed E-state index contributed by atoms with van der Waals surface area (Å²) in [5.74, 6) is -2.42. The van der Waals surface area contributed by atoms with E-state index in [0.29, 0.717) is 10.7 Å². The Bertz CT molecular complexity index is 1100. The lowest BCUT2D eigenvalue weighted by Crippen LogP contribution is -2.39. The predicted octanol–water partition coefficient (Wildman–Crippen LogP) is 4.22. The number of hydrogen-bond donors (Lipinski definition) is 2. The van der Waals surface area contributed by atoms with E-state index in [1.165, 1.54) is 0 Å². The molecule has 0 fully saturated rings.